The number of carbonyl (C=O) groups excluding carboxylic acids is 1. The predicted molar refractivity (Wildman–Crippen MR) is 175 cm³/mol. The molecule has 2 saturated heterocycles. The van der Waals surface area contributed by atoms with Crippen molar-refractivity contribution in [2.24, 2.45) is 0 Å². The fourth-order valence-electron chi connectivity index (χ4n) is 7.05. The van der Waals surface area contributed by atoms with Crippen LogP contribution in [0.15, 0.2) is 37.1 Å². The van der Waals surface area contributed by atoms with E-state index in [1.807, 2.05) is 11.1 Å². The summed E-state index contributed by atoms with van der Waals surface area (Å²) >= 11 is 0. The fourth-order valence-corrected chi connectivity index (χ4v) is 7.05. The van der Waals surface area contributed by atoms with Gasteiger partial charge in [-0.05, 0) is 99.9 Å². The second kappa shape index (κ2) is 11.3. The number of anilines is 1. The maximum Gasteiger partial charge on any atom is 0.319 e. The van der Waals surface area contributed by atoms with Crippen molar-refractivity contribution in [3.05, 3.63) is 48.2 Å². The number of rotatable bonds is 9. The number of piperazine rings is 1. The van der Waals surface area contributed by atoms with Gasteiger partial charge in [0, 0.05) is 48.6 Å². The van der Waals surface area contributed by atoms with Crippen LogP contribution in [0.4, 0.5) is 5.82 Å². The molecular formula is C35H41N7O3. The van der Waals surface area contributed by atoms with Crippen LogP contribution < -0.4 is 14.4 Å². The molecule has 2 aromatic carbocycles. The molecular weight excluding hydrogens is 566 g/mol. The minimum absolute atomic E-state index is 0.0310. The van der Waals surface area contributed by atoms with E-state index >= 15 is 0 Å². The number of likely N-dealkylation sites (tertiary alicyclic amines) is 1. The number of benzene rings is 2. The number of nitrogens with zero attached hydrogens (tertiary/aromatic N) is 6. The number of amides is 1. The summed E-state index contributed by atoms with van der Waals surface area (Å²) in [5, 5.41) is 9.66. The Hall–Kier alpha value is -4.18. The van der Waals surface area contributed by atoms with Gasteiger partial charge in [0.1, 0.15) is 17.9 Å². The minimum atomic E-state index is -0.0310. The van der Waals surface area contributed by atoms with Crippen LogP contribution in [-0.4, -0.2) is 94.4 Å². The standard InChI is InChI=1S/C35H41N7O3/c1-4-29(43)41-14-16-42(17-15-41)34-26-18-25(22-8-9-22)31(30-21(2)7-12-28-27(30)19-36-39-28)33(45-24-10-11-24)32(26)37-35(38-34)44-20-23-6-5-13-40(23)3/h4,7,12,18-19,22-24H,1,5-6,8-11,13-17,20H2,2-3H3,(H,36,39)/t23-/m0/s1. The minimum Gasteiger partial charge on any atom is -0.487 e. The average molecular weight is 608 g/mol. The lowest BCUT2D eigenvalue weighted by molar-refractivity contribution is -0.126. The molecule has 234 valence electrons. The highest BCUT2D eigenvalue weighted by Gasteiger charge is 2.36. The highest BCUT2D eigenvalue weighted by molar-refractivity contribution is 6.06. The summed E-state index contributed by atoms with van der Waals surface area (Å²) in [6.45, 7) is 10.0. The summed E-state index contributed by atoms with van der Waals surface area (Å²) in [6, 6.07) is 7.32. The summed E-state index contributed by atoms with van der Waals surface area (Å²) in [4.78, 5) is 29.1. The molecule has 45 heavy (non-hydrogen) atoms. The number of H-pyrrole nitrogens is 1. The molecule has 2 aliphatic heterocycles. The lowest BCUT2D eigenvalue weighted by Crippen LogP contribution is -2.48. The normalized spacial score (nSPS) is 20.7. The van der Waals surface area contributed by atoms with E-state index in [1.54, 1.807) is 0 Å². The van der Waals surface area contributed by atoms with Gasteiger partial charge in [-0.2, -0.15) is 15.1 Å². The lowest BCUT2D eigenvalue weighted by atomic mass is 9.89. The van der Waals surface area contributed by atoms with Crippen molar-refractivity contribution >= 4 is 33.5 Å². The Bertz CT molecular complexity index is 1790. The van der Waals surface area contributed by atoms with Gasteiger partial charge in [-0.1, -0.05) is 12.6 Å². The van der Waals surface area contributed by atoms with E-state index in [0.29, 0.717) is 50.8 Å². The van der Waals surface area contributed by atoms with Gasteiger partial charge >= 0.3 is 6.01 Å². The van der Waals surface area contributed by atoms with Crippen LogP contribution in [-0.2, 0) is 4.79 Å². The zero-order chi connectivity index (χ0) is 30.7. The number of hydrogen-bond donors (Lipinski definition) is 1. The third-order valence-corrected chi connectivity index (χ3v) is 9.99. The molecule has 10 heteroatoms. The van der Waals surface area contributed by atoms with E-state index in [9.17, 15) is 4.79 Å². The number of carbonyl (C=O) groups is 1. The van der Waals surface area contributed by atoms with Crippen LogP contribution in [0.3, 0.4) is 0 Å². The van der Waals surface area contributed by atoms with Crippen molar-refractivity contribution < 1.29 is 14.3 Å². The van der Waals surface area contributed by atoms with Gasteiger partial charge in [0.25, 0.3) is 0 Å². The first-order valence-electron chi connectivity index (χ1n) is 16.5. The quantitative estimate of drug-likeness (QED) is 0.259. The number of aromatic nitrogens is 4. The van der Waals surface area contributed by atoms with Crippen LogP contribution in [0.5, 0.6) is 11.8 Å². The Morgan fingerprint density at radius 2 is 1.87 bits per heavy atom. The summed E-state index contributed by atoms with van der Waals surface area (Å²) in [7, 11) is 2.16. The molecule has 8 rings (SSSR count). The third-order valence-electron chi connectivity index (χ3n) is 9.99. The Labute approximate surface area is 263 Å². The van der Waals surface area contributed by atoms with Crippen LogP contribution in [0.1, 0.15) is 55.6 Å². The first kappa shape index (κ1) is 28.3. The third kappa shape index (κ3) is 5.28. The molecule has 0 unspecified atom stereocenters. The number of fused-ring (bicyclic) bond motifs is 2. The SMILES string of the molecule is C=CC(=O)N1CCN(c2nc(OC[C@@H]3CCCN3C)nc3c(OC4CC4)c(-c4c(C)ccc5[nH]ncc45)c(C4CC4)cc23)CC1. The monoisotopic (exact) mass is 607 g/mol. The van der Waals surface area contributed by atoms with E-state index in [0.717, 1.165) is 83.1 Å². The number of ether oxygens (including phenoxy) is 2. The molecule has 10 nitrogen and oxygen atoms in total. The van der Waals surface area contributed by atoms with Gasteiger partial charge in [-0.25, -0.2) is 0 Å². The van der Waals surface area contributed by atoms with Gasteiger partial charge in [-0.15, -0.1) is 0 Å². The van der Waals surface area contributed by atoms with E-state index in [4.69, 9.17) is 19.4 Å². The Balaban J connectivity index is 1.32. The number of hydrogen-bond acceptors (Lipinski definition) is 8. The number of aryl methyl sites for hydroxylation is 1. The van der Waals surface area contributed by atoms with E-state index < -0.39 is 0 Å². The van der Waals surface area contributed by atoms with Crippen molar-refractivity contribution in [3.63, 3.8) is 0 Å². The number of likely N-dealkylation sites (N-methyl/N-ethyl adjacent to an activating group) is 1. The predicted octanol–water partition coefficient (Wildman–Crippen LogP) is 5.21. The van der Waals surface area contributed by atoms with Gasteiger partial charge in [0.2, 0.25) is 5.91 Å². The molecule has 1 amide bonds. The first-order chi connectivity index (χ1) is 22.0. The highest BCUT2D eigenvalue weighted by atomic mass is 16.5. The maximum atomic E-state index is 12.4. The first-order valence-corrected chi connectivity index (χ1v) is 16.5. The van der Waals surface area contributed by atoms with Crippen LogP contribution in [0.2, 0.25) is 0 Å². The zero-order valence-corrected chi connectivity index (χ0v) is 26.2. The Kier molecular flexibility index (Phi) is 7.12. The molecule has 4 fully saturated rings. The smallest absolute Gasteiger partial charge is 0.319 e. The molecule has 4 aliphatic rings. The summed E-state index contributed by atoms with van der Waals surface area (Å²) < 4.78 is 13.3. The average Bonchev–Trinajstić information content (AvgIpc) is 3.98. The van der Waals surface area contributed by atoms with Crippen molar-refractivity contribution in [2.45, 2.75) is 63.5 Å². The van der Waals surface area contributed by atoms with Crippen molar-refractivity contribution in [1.29, 1.82) is 0 Å². The molecule has 0 radical (unpaired) electrons. The fraction of sp³-hybridized carbons (Fsp3) is 0.486. The van der Waals surface area contributed by atoms with Crippen molar-refractivity contribution in [2.75, 3.05) is 51.3 Å². The van der Waals surface area contributed by atoms with Crippen molar-refractivity contribution in [3.8, 4) is 22.9 Å². The molecule has 0 bridgehead atoms. The molecule has 1 atom stereocenters. The lowest BCUT2D eigenvalue weighted by Gasteiger charge is -2.35. The van der Waals surface area contributed by atoms with Gasteiger partial charge in [0.05, 0.1) is 17.8 Å². The highest BCUT2D eigenvalue weighted by Crippen LogP contribution is 2.53. The number of nitrogens with one attached hydrogen (secondary N) is 1. The summed E-state index contributed by atoms with van der Waals surface area (Å²) in [5.41, 5.74) is 6.58. The second-order valence-corrected chi connectivity index (χ2v) is 13.2. The molecule has 2 aliphatic carbocycles. The molecule has 1 N–H and O–H groups in total. The summed E-state index contributed by atoms with van der Waals surface area (Å²) in [5.74, 6) is 2.11. The number of aromatic amines is 1. The molecule has 0 spiro atoms. The van der Waals surface area contributed by atoms with Crippen LogP contribution in [0.25, 0.3) is 32.9 Å². The molecule has 2 saturated carbocycles. The summed E-state index contributed by atoms with van der Waals surface area (Å²) in [6.07, 6.45) is 10.2. The Morgan fingerprint density at radius 1 is 1.04 bits per heavy atom. The largest absolute Gasteiger partial charge is 0.487 e. The maximum absolute atomic E-state index is 12.4. The van der Waals surface area contributed by atoms with Gasteiger partial charge in [0.15, 0.2) is 5.75 Å². The van der Waals surface area contributed by atoms with E-state index in [-0.39, 0.29) is 12.0 Å². The Morgan fingerprint density at radius 3 is 2.58 bits per heavy atom. The van der Waals surface area contributed by atoms with E-state index in [2.05, 4.69) is 58.7 Å². The van der Waals surface area contributed by atoms with Crippen LogP contribution in [0, 0.1) is 6.92 Å². The molecule has 4 aromatic rings. The molecule has 2 aromatic heterocycles. The topological polar surface area (TPSA) is 99.7 Å². The molecule has 4 heterocycles. The van der Waals surface area contributed by atoms with Crippen molar-refractivity contribution in [1.82, 2.24) is 30.0 Å². The van der Waals surface area contributed by atoms with Gasteiger partial charge < -0.3 is 24.2 Å². The van der Waals surface area contributed by atoms with E-state index in [1.165, 1.54) is 23.6 Å². The van der Waals surface area contributed by atoms with Crippen LogP contribution >= 0.6 is 0 Å². The zero-order valence-electron chi connectivity index (χ0n) is 26.2. The second-order valence-electron chi connectivity index (χ2n) is 13.2. The van der Waals surface area contributed by atoms with Gasteiger partial charge in [-0.3, -0.25) is 9.89 Å².